The van der Waals surface area contributed by atoms with Crippen LogP contribution < -0.4 is 16.0 Å². The number of rotatable bonds is 6. The number of nitrogens with zero attached hydrogens (tertiary/aromatic N) is 1. The molecule has 5 heteroatoms. The first kappa shape index (κ1) is 13.3. The van der Waals surface area contributed by atoms with E-state index in [1.807, 2.05) is 24.3 Å². The van der Waals surface area contributed by atoms with Crippen molar-refractivity contribution in [3.63, 3.8) is 0 Å². The second kappa shape index (κ2) is 6.70. The van der Waals surface area contributed by atoms with Gasteiger partial charge in [0.05, 0.1) is 12.3 Å². The van der Waals surface area contributed by atoms with Gasteiger partial charge in [-0.3, -0.25) is 4.79 Å². The van der Waals surface area contributed by atoms with Crippen molar-refractivity contribution in [2.75, 3.05) is 13.2 Å². The lowest BCUT2D eigenvalue weighted by molar-refractivity contribution is 0.308. The SMILES string of the molecule is NCCCCOc1ccc(-c2ccc(=O)[nH]n2)cc1. The van der Waals surface area contributed by atoms with Crippen molar-refractivity contribution < 1.29 is 4.74 Å². The molecule has 0 spiro atoms. The molecule has 0 atom stereocenters. The standard InChI is InChI=1S/C14H17N3O2/c15-9-1-2-10-19-12-5-3-11(4-6-12)13-7-8-14(18)17-16-13/h3-8H,1-2,9-10,15H2,(H,17,18). The zero-order valence-corrected chi connectivity index (χ0v) is 10.6. The fourth-order valence-corrected chi connectivity index (χ4v) is 1.66. The highest BCUT2D eigenvalue weighted by molar-refractivity contribution is 5.59. The van der Waals surface area contributed by atoms with Crippen molar-refractivity contribution in [2.45, 2.75) is 12.8 Å². The zero-order chi connectivity index (χ0) is 13.5. The quantitative estimate of drug-likeness (QED) is 0.771. The zero-order valence-electron chi connectivity index (χ0n) is 10.6. The van der Waals surface area contributed by atoms with E-state index in [0.29, 0.717) is 13.2 Å². The third-order valence-corrected chi connectivity index (χ3v) is 2.70. The van der Waals surface area contributed by atoms with Crippen LogP contribution in [0.1, 0.15) is 12.8 Å². The van der Waals surface area contributed by atoms with Gasteiger partial charge >= 0.3 is 0 Å². The van der Waals surface area contributed by atoms with Crippen LogP contribution in [0.25, 0.3) is 11.3 Å². The molecule has 0 aliphatic rings. The van der Waals surface area contributed by atoms with E-state index in [2.05, 4.69) is 10.2 Å². The Morgan fingerprint density at radius 2 is 1.89 bits per heavy atom. The second-order valence-electron chi connectivity index (χ2n) is 4.18. The second-order valence-corrected chi connectivity index (χ2v) is 4.18. The molecular weight excluding hydrogens is 242 g/mol. The Bertz CT molecular complexity index is 543. The fraction of sp³-hybridized carbons (Fsp3) is 0.286. The number of hydrogen-bond acceptors (Lipinski definition) is 4. The smallest absolute Gasteiger partial charge is 0.264 e. The highest BCUT2D eigenvalue weighted by Gasteiger charge is 2.00. The highest BCUT2D eigenvalue weighted by atomic mass is 16.5. The summed E-state index contributed by atoms with van der Waals surface area (Å²) in [5.41, 5.74) is 6.88. The summed E-state index contributed by atoms with van der Waals surface area (Å²) in [6, 6.07) is 10.8. The van der Waals surface area contributed by atoms with Crippen molar-refractivity contribution in [3.8, 4) is 17.0 Å². The summed E-state index contributed by atoms with van der Waals surface area (Å²) in [5.74, 6) is 0.824. The summed E-state index contributed by atoms with van der Waals surface area (Å²) >= 11 is 0. The number of unbranched alkanes of at least 4 members (excludes halogenated alkanes) is 1. The van der Waals surface area contributed by atoms with Gasteiger partial charge in [0.25, 0.3) is 5.56 Å². The van der Waals surface area contributed by atoms with Crippen LogP contribution in [0.4, 0.5) is 0 Å². The monoisotopic (exact) mass is 259 g/mol. The maximum absolute atomic E-state index is 10.9. The number of nitrogens with two attached hydrogens (primary N) is 1. The Labute approximate surface area is 111 Å². The van der Waals surface area contributed by atoms with Crippen molar-refractivity contribution in [3.05, 3.63) is 46.8 Å². The van der Waals surface area contributed by atoms with Gasteiger partial charge in [0.1, 0.15) is 5.75 Å². The van der Waals surface area contributed by atoms with Crippen molar-refractivity contribution in [2.24, 2.45) is 5.73 Å². The van der Waals surface area contributed by atoms with E-state index in [9.17, 15) is 4.79 Å². The van der Waals surface area contributed by atoms with E-state index in [1.165, 1.54) is 6.07 Å². The average molecular weight is 259 g/mol. The predicted molar refractivity (Wildman–Crippen MR) is 74.1 cm³/mol. The molecule has 1 aromatic carbocycles. The van der Waals surface area contributed by atoms with Gasteiger partial charge in [-0.15, -0.1) is 0 Å². The van der Waals surface area contributed by atoms with Crippen LogP contribution in [0, 0.1) is 0 Å². The first-order valence-electron chi connectivity index (χ1n) is 6.28. The van der Waals surface area contributed by atoms with Gasteiger partial charge in [-0.25, -0.2) is 5.10 Å². The number of aromatic nitrogens is 2. The minimum atomic E-state index is -0.205. The van der Waals surface area contributed by atoms with Gasteiger partial charge < -0.3 is 10.5 Å². The molecule has 0 fully saturated rings. The average Bonchev–Trinajstić information content (AvgIpc) is 2.45. The summed E-state index contributed by atoms with van der Waals surface area (Å²) in [7, 11) is 0. The molecule has 0 aliphatic heterocycles. The molecule has 0 saturated heterocycles. The first-order chi connectivity index (χ1) is 9.29. The Morgan fingerprint density at radius 3 is 2.53 bits per heavy atom. The van der Waals surface area contributed by atoms with Crippen LogP contribution >= 0.6 is 0 Å². The molecule has 0 aliphatic carbocycles. The highest BCUT2D eigenvalue weighted by Crippen LogP contribution is 2.19. The predicted octanol–water partition coefficient (Wildman–Crippen LogP) is 1.55. The number of hydrogen-bond donors (Lipinski definition) is 2. The molecule has 1 aromatic heterocycles. The number of ether oxygens (including phenoxy) is 1. The van der Waals surface area contributed by atoms with Crippen LogP contribution in [0.5, 0.6) is 5.75 Å². The molecule has 2 aromatic rings. The Balaban J connectivity index is 1.98. The van der Waals surface area contributed by atoms with Gasteiger partial charge in [-0.1, -0.05) is 0 Å². The van der Waals surface area contributed by atoms with Crippen molar-refractivity contribution in [1.82, 2.24) is 10.2 Å². The topological polar surface area (TPSA) is 81.0 Å². The van der Waals surface area contributed by atoms with E-state index < -0.39 is 0 Å². The molecular formula is C14H17N3O2. The van der Waals surface area contributed by atoms with E-state index in [0.717, 1.165) is 29.8 Å². The molecule has 0 saturated carbocycles. The van der Waals surface area contributed by atoms with Crippen LogP contribution in [0.3, 0.4) is 0 Å². The lowest BCUT2D eigenvalue weighted by atomic mass is 10.1. The summed E-state index contributed by atoms with van der Waals surface area (Å²) in [6.07, 6.45) is 1.93. The summed E-state index contributed by atoms with van der Waals surface area (Å²) in [4.78, 5) is 10.9. The molecule has 0 amide bonds. The number of H-pyrrole nitrogens is 1. The fourth-order valence-electron chi connectivity index (χ4n) is 1.66. The summed E-state index contributed by atoms with van der Waals surface area (Å²) in [6.45, 7) is 1.37. The van der Waals surface area contributed by atoms with Gasteiger partial charge in [0.2, 0.25) is 0 Å². The molecule has 0 unspecified atom stereocenters. The van der Waals surface area contributed by atoms with Crippen molar-refractivity contribution >= 4 is 0 Å². The van der Waals surface area contributed by atoms with Gasteiger partial charge in [0.15, 0.2) is 0 Å². The van der Waals surface area contributed by atoms with Crippen molar-refractivity contribution in [1.29, 1.82) is 0 Å². The maximum Gasteiger partial charge on any atom is 0.264 e. The molecule has 100 valence electrons. The minimum absolute atomic E-state index is 0.205. The largest absolute Gasteiger partial charge is 0.494 e. The van der Waals surface area contributed by atoms with Crippen LogP contribution in [-0.2, 0) is 0 Å². The van der Waals surface area contributed by atoms with E-state index in [-0.39, 0.29) is 5.56 Å². The van der Waals surface area contributed by atoms with Crippen LogP contribution in [-0.4, -0.2) is 23.3 Å². The Morgan fingerprint density at radius 1 is 1.11 bits per heavy atom. The number of benzene rings is 1. The Kier molecular flexibility index (Phi) is 4.69. The third-order valence-electron chi connectivity index (χ3n) is 2.70. The lowest BCUT2D eigenvalue weighted by Gasteiger charge is -2.06. The summed E-state index contributed by atoms with van der Waals surface area (Å²) in [5, 5.41) is 6.39. The van der Waals surface area contributed by atoms with E-state index in [1.54, 1.807) is 6.07 Å². The van der Waals surface area contributed by atoms with Gasteiger partial charge in [-0.05, 0) is 49.7 Å². The maximum atomic E-state index is 10.9. The number of aromatic amines is 1. The molecule has 0 bridgehead atoms. The molecule has 19 heavy (non-hydrogen) atoms. The normalized spacial score (nSPS) is 10.4. The summed E-state index contributed by atoms with van der Waals surface area (Å²) < 4.78 is 5.58. The molecule has 3 N–H and O–H groups in total. The minimum Gasteiger partial charge on any atom is -0.494 e. The van der Waals surface area contributed by atoms with E-state index in [4.69, 9.17) is 10.5 Å². The Hall–Kier alpha value is -2.14. The van der Waals surface area contributed by atoms with Gasteiger partial charge in [0, 0.05) is 11.6 Å². The molecule has 1 heterocycles. The first-order valence-corrected chi connectivity index (χ1v) is 6.28. The number of nitrogens with one attached hydrogen (secondary N) is 1. The molecule has 5 nitrogen and oxygen atoms in total. The third kappa shape index (κ3) is 3.93. The molecule has 2 rings (SSSR count). The van der Waals surface area contributed by atoms with E-state index >= 15 is 0 Å². The van der Waals surface area contributed by atoms with Crippen LogP contribution in [0.15, 0.2) is 41.2 Å². The lowest BCUT2D eigenvalue weighted by Crippen LogP contribution is -2.05. The van der Waals surface area contributed by atoms with Gasteiger partial charge in [-0.2, -0.15) is 5.10 Å². The molecule has 0 radical (unpaired) electrons. The van der Waals surface area contributed by atoms with Crippen LogP contribution in [0.2, 0.25) is 0 Å².